The average Bonchev–Trinajstić information content (AvgIpc) is 2.85. The molecule has 15 heavy (non-hydrogen) atoms. The minimum absolute atomic E-state index is 0.216. The second-order valence-corrected chi connectivity index (χ2v) is 7.08. The lowest BCUT2D eigenvalue weighted by Crippen LogP contribution is -2.31. The summed E-state index contributed by atoms with van der Waals surface area (Å²) in [5.74, 6) is 2.36. The van der Waals surface area contributed by atoms with E-state index in [0.717, 1.165) is 25.7 Å². The van der Waals surface area contributed by atoms with Crippen LogP contribution in [0.2, 0.25) is 0 Å². The highest BCUT2D eigenvalue weighted by Gasteiger charge is 2.72. The molecule has 3 heteroatoms. The molecule has 0 N–H and O–H groups in total. The van der Waals surface area contributed by atoms with Crippen LogP contribution >= 0.6 is 15.9 Å². The predicted octanol–water partition coefficient (Wildman–Crippen LogP) is 1.95. The number of hydrogen-bond acceptors (Lipinski definition) is 2. The van der Waals surface area contributed by atoms with Gasteiger partial charge in [0.25, 0.3) is 0 Å². The van der Waals surface area contributed by atoms with E-state index in [4.69, 9.17) is 0 Å². The molecule has 0 amide bonds. The molecule has 4 fully saturated rings. The van der Waals surface area contributed by atoms with Crippen LogP contribution in [0.15, 0.2) is 0 Å². The quantitative estimate of drug-likeness (QED) is 0.630. The predicted molar refractivity (Wildman–Crippen MR) is 57.6 cm³/mol. The van der Waals surface area contributed by atoms with Crippen molar-refractivity contribution in [3.05, 3.63) is 0 Å². The van der Waals surface area contributed by atoms with Crippen LogP contribution in [0, 0.1) is 29.6 Å². The Hall–Kier alpha value is -0.180. The number of alkyl halides is 1. The molecule has 4 aliphatic rings. The van der Waals surface area contributed by atoms with Gasteiger partial charge in [0.15, 0.2) is 5.78 Å². The maximum Gasteiger partial charge on any atom is 0.153 e. The molecule has 4 rings (SSSR count). The molecular formula is C12H13BrO2. The molecule has 0 bridgehead atoms. The molecule has 0 radical (unpaired) electrons. The Balaban J connectivity index is 1.93. The fraction of sp³-hybridized carbons (Fsp3) is 0.833. The Morgan fingerprint density at radius 1 is 1.07 bits per heavy atom. The number of carbonyl (C=O) groups excluding carboxylic acids is 2. The summed E-state index contributed by atoms with van der Waals surface area (Å²) in [6.07, 6.45) is 3.79. The van der Waals surface area contributed by atoms with E-state index < -0.39 is 0 Å². The van der Waals surface area contributed by atoms with Gasteiger partial charge in [-0.1, -0.05) is 15.9 Å². The van der Waals surface area contributed by atoms with E-state index in [9.17, 15) is 9.59 Å². The highest BCUT2D eigenvalue weighted by atomic mass is 79.9. The Labute approximate surface area is 96.9 Å². The van der Waals surface area contributed by atoms with Gasteiger partial charge in [-0.2, -0.15) is 0 Å². The summed E-state index contributed by atoms with van der Waals surface area (Å²) >= 11 is 3.69. The second kappa shape index (κ2) is 2.39. The molecule has 4 aliphatic carbocycles. The third-order valence-corrected chi connectivity index (χ3v) is 6.71. The Bertz CT molecular complexity index is 391. The standard InChI is InChI=1S/C12H13BrO2/c13-12-4-3-7-9(12)8-5(10(7)14)1-2-6(8)11(12)15/h5-9H,1-4H2/t5-,6+,7-,8-,9-,12-/m1/s1. The molecule has 0 aromatic rings. The topological polar surface area (TPSA) is 34.1 Å². The van der Waals surface area contributed by atoms with E-state index in [-0.39, 0.29) is 22.1 Å². The summed E-state index contributed by atoms with van der Waals surface area (Å²) in [4.78, 5) is 24.5. The van der Waals surface area contributed by atoms with Crippen LogP contribution in [-0.2, 0) is 9.59 Å². The summed E-state index contributed by atoms with van der Waals surface area (Å²) in [6.45, 7) is 0. The fourth-order valence-electron chi connectivity index (χ4n) is 4.96. The molecule has 0 aromatic carbocycles. The second-order valence-electron chi connectivity index (χ2n) is 5.67. The largest absolute Gasteiger partial charge is 0.299 e. The van der Waals surface area contributed by atoms with Crippen LogP contribution < -0.4 is 0 Å². The fourth-order valence-corrected chi connectivity index (χ4v) is 6.10. The molecule has 0 unspecified atom stereocenters. The van der Waals surface area contributed by atoms with Crippen molar-refractivity contribution in [1.82, 2.24) is 0 Å². The van der Waals surface area contributed by atoms with Gasteiger partial charge in [0.2, 0.25) is 0 Å². The van der Waals surface area contributed by atoms with Crippen LogP contribution in [0.3, 0.4) is 0 Å². The van der Waals surface area contributed by atoms with E-state index in [2.05, 4.69) is 15.9 Å². The molecular weight excluding hydrogens is 256 g/mol. The van der Waals surface area contributed by atoms with Gasteiger partial charge < -0.3 is 0 Å². The van der Waals surface area contributed by atoms with Crippen molar-refractivity contribution in [1.29, 1.82) is 0 Å². The van der Waals surface area contributed by atoms with Crippen molar-refractivity contribution in [3.63, 3.8) is 0 Å². The Morgan fingerprint density at radius 3 is 2.60 bits per heavy atom. The van der Waals surface area contributed by atoms with Crippen molar-refractivity contribution in [2.45, 2.75) is 30.0 Å². The molecule has 4 saturated carbocycles. The highest BCUT2D eigenvalue weighted by molar-refractivity contribution is 9.10. The van der Waals surface area contributed by atoms with Crippen molar-refractivity contribution in [2.75, 3.05) is 0 Å². The number of hydrogen-bond donors (Lipinski definition) is 0. The smallest absolute Gasteiger partial charge is 0.153 e. The Morgan fingerprint density at radius 2 is 1.80 bits per heavy atom. The lowest BCUT2D eigenvalue weighted by Gasteiger charge is -2.21. The van der Waals surface area contributed by atoms with Gasteiger partial charge in [-0.3, -0.25) is 9.59 Å². The van der Waals surface area contributed by atoms with Gasteiger partial charge in [-0.15, -0.1) is 0 Å². The number of halogens is 1. The third-order valence-electron chi connectivity index (χ3n) is 5.39. The first-order valence-corrected chi connectivity index (χ1v) is 6.71. The number of rotatable bonds is 0. The van der Waals surface area contributed by atoms with Gasteiger partial charge in [0, 0.05) is 17.8 Å². The number of carbonyl (C=O) groups is 2. The summed E-state index contributed by atoms with van der Waals surface area (Å²) in [5, 5.41) is 0. The lowest BCUT2D eigenvalue weighted by atomic mass is 9.90. The molecule has 0 heterocycles. The summed E-state index contributed by atoms with van der Waals surface area (Å²) in [7, 11) is 0. The van der Waals surface area contributed by atoms with Crippen LogP contribution in [0.1, 0.15) is 25.7 Å². The van der Waals surface area contributed by atoms with E-state index >= 15 is 0 Å². The molecule has 0 saturated heterocycles. The summed E-state index contributed by atoms with van der Waals surface area (Å²) in [5.41, 5.74) is 0. The SMILES string of the molecule is O=C1[C@@H]2CC[C@@H]3C(=O)[C@@]4(Br)CC[C@@H]1[C@@H]4[C@@H]32. The first-order valence-electron chi connectivity index (χ1n) is 5.91. The maximum absolute atomic E-state index is 12.3. The van der Waals surface area contributed by atoms with Crippen molar-refractivity contribution in [3.8, 4) is 0 Å². The maximum atomic E-state index is 12.3. The van der Waals surface area contributed by atoms with E-state index in [1.165, 1.54) is 0 Å². The van der Waals surface area contributed by atoms with Crippen molar-refractivity contribution in [2.24, 2.45) is 29.6 Å². The molecule has 0 spiro atoms. The van der Waals surface area contributed by atoms with Gasteiger partial charge in [0.05, 0.1) is 4.32 Å². The first-order chi connectivity index (χ1) is 7.14. The monoisotopic (exact) mass is 268 g/mol. The number of Topliss-reactive ketones (excluding diaryl/α,β-unsaturated/α-hetero) is 2. The molecule has 2 nitrogen and oxygen atoms in total. The zero-order valence-corrected chi connectivity index (χ0v) is 10.00. The van der Waals surface area contributed by atoms with Crippen molar-refractivity contribution < 1.29 is 9.59 Å². The third kappa shape index (κ3) is 0.748. The van der Waals surface area contributed by atoms with E-state index in [0.29, 0.717) is 23.4 Å². The van der Waals surface area contributed by atoms with Crippen LogP contribution in [0.5, 0.6) is 0 Å². The first kappa shape index (κ1) is 8.91. The van der Waals surface area contributed by atoms with Crippen LogP contribution in [0.25, 0.3) is 0 Å². The molecule has 0 aromatic heterocycles. The van der Waals surface area contributed by atoms with Gasteiger partial charge in [-0.05, 0) is 37.5 Å². The average molecular weight is 269 g/mol. The van der Waals surface area contributed by atoms with Crippen LogP contribution in [0.4, 0.5) is 0 Å². The van der Waals surface area contributed by atoms with Crippen LogP contribution in [-0.4, -0.2) is 15.9 Å². The highest BCUT2D eigenvalue weighted by Crippen LogP contribution is 2.68. The minimum Gasteiger partial charge on any atom is -0.299 e. The Kier molecular flexibility index (Phi) is 1.42. The van der Waals surface area contributed by atoms with Gasteiger partial charge >= 0.3 is 0 Å². The number of ketones is 2. The van der Waals surface area contributed by atoms with Crippen molar-refractivity contribution >= 4 is 27.5 Å². The zero-order valence-electron chi connectivity index (χ0n) is 8.41. The van der Waals surface area contributed by atoms with E-state index in [1.54, 1.807) is 0 Å². The van der Waals surface area contributed by atoms with Gasteiger partial charge in [-0.25, -0.2) is 0 Å². The molecule has 6 atom stereocenters. The normalized spacial score (nSPS) is 60.5. The molecule has 80 valence electrons. The molecule has 0 aliphatic heterocycles. The van der Waals surface area contributed by atoms with Gasteiger partial charge in [0.1, 0.15) is 5.78 Å². The van der Waals surface area contributed by atoms with E-state index in [1.807, 2.05) is 0 Å². The zero-order chi connectivity index (χ0) is 10.4. The summed E-state index contributed by atoms with van der Waals surface area (Å²) < 4.78 is -0.294. The minimum atomic E-state index is -0.294. The lowest BCUT2D eigenvalue weighted by molar-refractivity contribution is -0.124. The summed E-state index contributed by atoms with van der Waals surface area (Å²) in [6, 6.07) is 0.